The Hall–Kier alpha value is -1.60. The maximum atomic E-state index is 8.58. The topological polar surface area (TPSA) is 57.9 Å². The quantitative estimate of drug-likeness (QED) is 0.714. The Kier molecular flexibility index (Phi) is 5.97. The first kappa shape index (κ1) is 12.5. The number of hydrogen-bond donors (Lipinski definition) is 1. The first-order chi connectivity index (χ1) is 7.86. The fourth-order valence-corrected chi connectivity index (χ4v) is 1.35. The molecule has 0 saturated heterocycles. The highest BCUT2D eigenvalue weighted by Crippen LogP contribution is 2.06. The molecule has 4 nitrogen and oxygen atoms in total. The predicted molar refractivity (Wildman–Crippen MR) is 63.2 cm³/mol. The second-order valence-electron chi connectivity index (χ2n) is 3.52. The van der Waals surface area contributed by atoms with Gasteiger partial charge in [-0.15, -0.1) is 0 Å². The monoisotopic (exact) mass is 219 g/mol. The highest BCUT2D eigenvalue weighted by atomic mass is 16.5. The van der Waals surface area contributed by atoms with Crippen molar-refractivity contribution in [1.29, 1.82) is 5.26 Å². The third-order valence-electron chi connectivity index (χ3n) is 2.23. The largest absolute Gasteiger partial charge is 0.385 e. The number of nitriles is 1. The van der Waals surface area contributed by atoms with Crippen LogP contribution >= 0.6 is 0 Å². The standard InChI is InChI=1S/C12H17N3O/c1-16-8-4-2-3-7-14-12-6-5-11(9-13)15-10-12/h5-6,10,14H,2-4,7-8H2,1H3. The molecule has 1 N–H and O–H groups in total. The van der Waals surface area contributed by atoms with E-state index in [2.05, 4.69) is 10.3 Å². The van der Waals surface area contributed by atoms with E-state index in [9.17, 15) is 0 Å². The Labute approximate surface area is 96.3 Å². The molecule has 1 aromatic rings. The number of anilines is 1. The van der Waals surface area contributed by atoms with Gasteiger partial charge in [0.2, 0.25) is 0 Å². The average molecular weight is 219 g/mol. The molecule has 4 heteroatoms. The van der Waals surface area contributed by atoms with Gasteiger partial charge in [0.15, 0.2) is 0 Å². The van der Waals surface area contributed by atoms with Gasteiger partial charge in [-0.05, 0) is 31.4 Å². The van der Waals surface area contributed by atoms with Crippen LogP contribution in [0.5, 0.6) is 0 Å². The minimum Gasteiger partial charge on any atom is -0.385 e. The third-order valence-corrected chi connectivity index (χ3v) is 2.23. The zero-order chi connectivity index (χ0) is 11.6. The molecule has 0 radical (unpaired) electrons. The van der Waals surface area contributed by atoms with Gasteiger partial charge in [0.25, 0.3) is 0 Å². The molecule has 0 atom stereocenters. The molecule has 0 aliphatic rings. The van der Waals surface area contributed by atoms with Crippen molar-refractivity contribution in [3.05, 3.63) is 24.0 Å². The fraction of sp³-hybridized carbons (Fsp3) is 0.500. The third kappa shape index (κ3) is 4.76. The van der Waals surface area contributed by atoms with Crippen molar-refractivity contribution >= 4 is 5.69 Å². The SMILES string of the molecule is COCCCCCNc1ccc(C#N)nc1. The average Bonchev–Trinajstić information content (AvgIpc) is 2.34. The molecule has 86 valence electrons. The summed E-state index contributed by atoms with van der Waals surface area (Å²) >= 11 is 0. The lowest BCUT2D eigenvalue weighted by Gasteiger charge is -2.05. The van der Waals surface area contributed by atoms with Crippen molar-refractivity contribution in [1.82, 2.24) is 4.98 Å². The van der Waals surface area contributed by atoms with Crippen LogP contribution in [0.1, 0.15) is 25.0 Å². The number of nitrogens with one attached hydrogen (secondary N) is 1. The van der Waals surface area contributed by atoms with Crippen molar-refractivity contribution < 1.29 is 4.74 Å². The van der Waals surface area contributed by atoms with Gasteiger partial charge in [0, 0.05) is 20.3 Å². The molecule has 0 aliphatic heterocycles. The van der Waals surface area contributed by atoms with Gasteiger partial charge in [-0.25, -0.2) is 4.98 Å². The van der Waals surface area contributed by atoms with Crippen LogP contribution in [-0.2, 0) is 4.74 Å². The molecule has 0 fully saturated rings. The van der Waals surface area contributed by atoms with E-state index in [1.807, 2.05) is 12.1 Å². The predicted octanol–water partition coefficient (Wildman–Crippen LogP) is 2.18. The lowest BCUT2D eigenvalue weighted by Crippen LogP contribution is -2.02. The molecule has 1 aromatic heterocycles. The maximum absolute atomic E-state index is 8.58. The Balaban J connectivity index is 2.15. The molecular formula is C12H17N3O. The summed E-state index contributed by atoms with van der Waals surface area (Å²) in [5, 5.41) is 11.8. The molecule has 0 spiro atoms. The van der Waals surface area contributed by atoms with Gasteiger partial charge < -0.3 is 10.1 Å². The molecule has 1 rings (SSSR count). The maximum Gasteiger partial charge on any atom is 0.140 e. The summed E-state index contributed by atoms with van der Waals surface area (Å²) in [7, 11) is 1.72. The lowest BCUT2D eigenvalue weighted by atomic mass is 10.2. The van der Waals surface area contributed by atoms with Gasteiger partial charge in [0.1, 0.15) is 11.8 Å². The Morgan fingerprint density at radius 2 is 2.25 bits per heavy atom. The summed E-state index contributed by atoms with van der Waals surface area (Å²) in [6.45, 7) is 1.76. The van der Waals surface area contributed by atoms with Crippen LogP contribution in [-0.4, -0.2) is 25.2 Å². The molecular weight excluding hydrogens is 202 g/mol. The number of pyridine rings is 1. The van der Waals surface area contributed by atoms with Crippen molar-refractivity contribution in [3.8, 4) is 6.07 Å². The van der Waals surface area contributed by atoms with Crippen molar-refractivity contribution in [2.75, 3.05) is 25.6 Å². The van der Waals surface area contributed by atoms with E-state index in [0.717, 1.165) is 38.1 Å². The second-order valence-corrected chi connectivity index (χ2v) is 3.52. The normalized spacial score (nSPS) is 9.75. The van der Waals surface area contributed by atoms with Gasteiger partial charge in [-0.1, -0.05) is 0 Å². The van der Waals surface area contributed by atoms with Crippen LogP contribution in [0.25, 0.3) is 0 Å². The molecule has 0 bridgehead atoms. The number of rotatable bonds is 7. The fourth-order valence-electron chi connectivity index (χ4n) is 1.35. The molecule has 0 unspecified atom stereocenters. The van der Waals surface area contributed by atoms with E-state index >= 15 is 0 Å². The van der Waals surface area contributed by atoms with E-state index in [0.29, 0.717) is 5.69 Å². The summed E-state index contributed by atoms with van der Waals surface area (Å²) in [6.07, 6.45) is 5.06. The number of unbranched alkanes of at least 4 members (excludes halogenated alkanes) is 2. The minimum absolute atomic E-state index is 0.450. The van der Waals surface area contributed by atoms with Gasteiger partial charge >= 0.3 is 0 Å². The van der Waals surface area contributed by atoms with Gasteiger partial charge in [0.05, 0.1) is 11.9 Å². The number of nitrogens with zero attached hydrogens (tertiary/aromatic N) is 2. The van der Waals surface area contributed by atoms with Crippen molar-refractivity contribution in [3.63, 3.8) is 0 Å². The van der Waals surface area contributed by atoms with Gasteiger partial charge in [-0.2, -0.15) is 5.26 Å². The summed E-state index contributed by atoms with van der Waals surface area (Å²) in [4.78, 5) is 3.98. The van der Waals surface area contributed by atoms with E-state index < -0.39 is 0 Å². The summed E-state index contributed by atoms with van der Waals surface area (Å²) in [5.74, 6) is 0. The van der Waals surface area contributed by atoms with Crippen molar-refractivity contribution in [2.45, 2.75) is 19.3 Å². The minimum atomic E-state index is 0.450. The van der Waals surface area contributed by atoms with Crippen LogP contribution in [0.4, 0.5) is 5.69 Å². The number of hydrogen-bond acceptors (Lipinski definition) is 4. The number of aromatic nitrogens is 1. The Morgan fingerprint density at radius 1 is 1.38 bits per heavy atom. The molecule has 16 heavy (non-hydrogen) atoms. The Morgan fingerprint density at radius 3 is 2.88 bits per heavy atom. The van der Waals surface area contributed by atoms with Crippen LogP contribution in [0.15, 0.2) is 18.3 Å². The van der Waals surface area contributed by atoms with E-state index in [1.165, 1.54) is 0 Å². The number of methoxy groups -OCH3 is 1. The van der Waals surface area contributed by atoms with Crippen LogP contribution in [0, 0.1) is 11.3 Å². The van der Waals surface area contributed by atoms with E-state index in [1.54, 1.807) is 19.4 Å². The lowest BCUT2D eigenvalue weighted by molar-refractivity contribution is 0.192. The highest BCUT2D eigenvalue weighted by Gasteiger charge is 1.94. The molecule has 1 heterocycles. The molecule has 0 aromatic carbocycles. The van der Waals surface area contributed by atoms with Gasteiger partial charge in [-0.3, -0.25) is 0 Å². The van der Waals surface area contributed by atoms with Crippen LogP contribution in [0.3, 0.4) is 0 Å². The summed E-state index contributed by atoms with van der Waals surface area (Å²) < 4.78 is 4.97. The number of ether oxygens (including phenoxy) is 1. The van der Waals surface area contributed by atoms with E-state index in [4.69, 9.17) is 10.00 Å². The highest BCUT2D eigenvalue weighted by molar-refractivity contribution is 5.42. The van der Waals surface area contributed by atoms with Crippen molar-refractivity contribution in [2.24, 2.45) is 0 Å². The second kappa shape index (κ2) is 7.66. The first-order valence-electron chi connectivity index (χ1n) is 5.46. The molecule has 0 amide bonds. The molecule has 0 saturated carbocycles. The smallest absolute Gasteiger partial charge is 0.140 e. The van der Waals surface area contributed by atoms with E-state index in [-0.39, 0.29) is 0 Å². The van der Waals surface area contributed by atoms with Crippen LogP contribution < -0.4 is 5.32 Å². The van der Waals surface area contributed by atoms with Crippen LogP contribution in [0.2, 0.25) is 0 Å². The zero-order valence-electron chi connectivity index (χ0n) is 9.57. The summed E-state index contributed by atoms with van der Waals surface area (Å²) in [6, 6.07) is 5.58. The summed E-state index contributed by atoms with van der Waals surface area (Å²) in [5.41, 5.74) is 1.41. The first-order valence-corrected chi connectivity index (χ1v) is 5.46. The molecule has 0 aliphatic carbocycles. The zero-order valence-corrected chi connectivity index (χ0v) is 9.57. The Bertz CT molecular complexity index is 329.